The number of methoxy groups -OCH3 is 1. The highest BCUT2D eigenvalue weighted by molar-refractivity contribution is 5.82. The second-order valence-electron chi connectivity index (χ2n) is 6.66. The summed E-state index contributed by atoms with van der Waals surface area (Å²) in [6.45, 7) is -0.441. The van der Waals surface area contributed by atoms with Crippen molar-refractivity contribution in [2.45, 2.75) is 19.1 Å². The van der Waals surface area contributed by atoms with Crippen LogP contribution in [0.2, 0.25) is 0 Å². The van der Waals surface area contributed by atoms with E-state index in [0.29, 0.717) is 11.3 Å². The Labute approximate surface area is 179 Å². The Kier molecular flexibility index (Phi) is 6.61. The van der Waals surface area contributed by atoms with Crippen LogP contribution in [-0.4, -0.2) is 33.7 Å². The molecule has 3 rings (SSSR count). The SMILES string of the molecule is COc1ccc(Cc2nn(CC(=O)N/N=C/c3ccc(C(F)(F)F)cc3)c(=O)n2N)cc1. The Bertz CT molecular complexity index is 1170. The Morgan fingerprint density at radius 2 is 1.84 bits per heavy atom. The highest BCUT2D eigenvalue weighted by Crippen LogP contribution is 2.28. The van der Waals surface area contributed by atoms with Gasteiger partial charge in [0.25, 0.3) is 5.91 Å². The third-order valence-electron chi connectivity index (χ3n) is 4.40. The number of hydrogen-bond acceptors (Lipinski definition) is 6. The summed E-state index contributed by atoms with van der Waals surface area (Å²) < 4.78 is 44.5. The van der Waals surface area contributed by atoms with E-state index in [0.717, 1.165) is 27.1 Å². The van der Waals surface area contributed by atoms with Crippen molar-refractivity contribution < 1.29 is 22.7 Å². The molecule has 168 valence electrons. The van der Waals surface area contributed by atoms with Gasteiger partial charge < -0.3 is 10.6 Å². The third kappa shape index (κ3) is 5.53. The van der Waals surface area contributed by atoms with Crippen LogP contribution in [0, 0.1) is 0 Å². The molecular weight excluding hydrogens is 429 g/mol. The molecule has 2 aromatic carbocycles. The number of nitrogens with two attached hydrogens (primary N) is 1. The molecule has 0 bridgehead atoms. The summed E-state index contributed by atoms with van der Waals surface area (Å²) in [6, 6.07) is 11.3. The van der Waals surface area contributed by atoms with E-state index in [4.69, 9.17) is 10.6 Å². The zero-order valence-electron chi connectivity index (χ0n) is 16.8. The number of halogens is 3. The molecule has 32 heavy (non-hydrogen) atoms. The van der Waals surface area contributed by atoms with E-state index in [2.05, 4.69) is 15.6 Å². The summed E-state index contributed by atoms with van der Waals surface area (Å²) in [5.74, 6) is 6.02. The number of carbonyl (C=O) groups excluding carboxylic acids is 1. The zero-order chi connectivity index (χ0) is 23.3. The van der Waals surface area contributed by atoms with Gasteiger partial charge in [0, 0.05) is 6.42 Å². The molecule has 0 aliphatic heterocycles. The minimum atomic E-state index is -4.43. The number of nitrogens with zero attached hydrogens (tertiary/aromatic N) is 4. The van der Waals surface area contributed by atoms with Crippen LogP contribution >= 0.6 is 0 Å². The van der Waals surface area contributed by atoms with Crippen molar-refractivity contribution in [2.75, 3.05) is 13.0 Å². The average Bonchev–Trinajstić information content (AvgIpc) is 3.01. The Morgan fingerprint density at radius 1 is 1.19 bits per heavy atom. The number of aromatic nitrogens is 3. The molecule has 0 aliphatic rings. The van der Waals surface area contributed by atoms with Crippen LogP contribution in [0.25, 0.3) is 0 Å². The smallest absolute Gasteiger partial charge is 0.416 e. The monoisotopic (exact) mass is 448 g/mol. The summed E-state index contributed by atoms with van der Waals surface area (Å²) in [5, 5.41) is 7.75. The van der Waals surface area contributed by atoms with Crippen molar-refractivity contribution in [2.24, 2.45) is 5.10 Å². The predicted octanol–water partition coefficient (Wildman–Crippen LogP) is 1.53. The maximum atomic E-state index is 12.6. The van der Waals surface area contributed by atoms with Gasteiger partial charge in [-0.05, 0) is 35.4 Å². The maximum Gasteiger partial charge on any atom is 0.416 e. The molecule has 0 radical (unpaired) electrons. The Hall–Kier alpha value is -4.09. The lowest BCUT2D eigenvalue weighted by molar-refractivity contribution is -0.137. The fourth-order valence-electron chi connectivity index (χ4n) is 2.72. The fourth-order valence-corrected chi connectivity index (χ4v) is 2.72. The van der Waals surface area contributed by atoms with E-state index < -0.39 is 29.9 Å². The molecule has 0 spiro atoms. The molecule has 1 heterocycles. The number of amides is 1. The van der Waals surface area contributed by atoms with Crippen molar-refractivity contribution in [3.63, 3.8) is 0 Å². The first-order valence-electron chi connectivity index (χ1n) is 9.23. The molecule has 0 saturated heterocycles. The number of rotatable bonds is 7. The van der Waals surface area contributed by atoms with Crippen LogP contribution in [0.1, 0.15) is 22.5 Å². The molecule has 3 N–H and O–H groups in total. The standard InChI is InChI=1S/C20H19F3N6O3/c1-32-16-8-4-13(5-9-16)10-17-27-28(19(31)29(17)24)12-18(30)26-25-11-14-2-6-15(7-3-14)20(21,22)23/h2-9,11H,10,12,24H2,1H3,(H,26,30)/b25-11+. The molecule has 0 atom stereocenters. The van der Waals surface area contributed by atoms with E-state index in [1.807, 2.05) is 0 Å². The number of benzene rings is 2. The first-order chi connectivity index (χ1) is 15.2. The minimum absolute atomic E-state index is 0.251. The van der Waals surface area contributed by atoms with Crippen molar-refractivity contribution in [1.82, 2.24) is 19.9 Å². The van der Waals surface area contributed by atoms with Crippen molar-refractivity contribution >= 4 is 12.1 Å². The highest BCUT2D eigenvalue weighted by Gasteiger charge is 2.29. The van der Waals surface area contributed by atoms with Gasteiger partial charge in [0.2, 0.25) is 0 Å². The first kappa shape index (κ1) is 22.6. The van der Waals surface area contributed by atoms with Gasteiger partial charge in [-0.25, -0.2) is 14.9 Å². The quantitative estimate of drug-likeness (QED) is 0.323. The van der Waals surface area contributed by atoms with Crippen LogP contribution in [0.5, 0.6) is 5.75 Å². The molecule has 0 saturated carbocycles. The van der Waals surface area contributed by atoms with Gasteiger partial charge in [-0.3, -0.25) is 4.79 Å². The lowest BCUT2D eigenvalue weighted by Gasteiger charge is -2.05. The van der Waals surface area contributed by atoms with E-state index in [9.17, 15) is 22.8 Å². The molecular formula is C20H19F3N6O3. The molecule has 9 nitrogen and oxygen atoms in total. The van der Waals surface area contributed by atoms with Crippen LogP contribution in [0.4, 0.5) is 13.2 Å². The molecule has 1 amide bonds. The molecule has 0 aliphatic carbocycles. The van der Waals surface area contributed by atoms with Crippen LogP contribution in [0.3, 0.4) is 0 Å². The second-order valence-corrected chi connectivity index (χ2v) is 6.66. The largest absolute Gasteiger partial charge is 0.497 e. The summed E-state index contributed by atoms with van der Waals surface area (Å²) >= 11 is 0. The van der Waals surface area contributed by atoms with Crippen LogP contribution < -0.4 is 21.7 Å². The Balaban J connectivity index is 1.60. The summed E-state index contributed by atoms with van der Waals surface area (Å²) in [7, 11) is 1.55. The van der Waals surface area contributed by atoms with Gasteiger partial charge in [-0.1, -0.05) is 24.3 Å². The second kappa shape index (κ2) is 9.37. The van der Waals surface area contributed by atoms with Crippen molar-refractivity contribution in [3.8, 4) is 5.75 Å². The summed E-state index contributed by atoms with van der Waals surface area (Å²) in [4.78, 5) is 24.3. The molecule has 0 fully saturated rings. The van der Waals surface area contributed by atoms with Gasteiger partial charge in [0.1, 0.15) is 12.3 Å². The lowest BCUT2D eigenvalue weighted by Crippen LogP contribution is -2.34. The number of nitrogens with one attached hydrogen (secondary N) is 1. The first-order valence-corrected chi connectivity index (χ1v) is 9.23. The summed E-state index contributed by atoms with van der Waals surface area (Å²) in [5.41, 5.74) is 1.90. The Morgan fingerprint density at radius 3 is 2.44 bits per heavy atom. The molecule has 12 heteroatoms. The zero-order valence-corrected chi connectivity index (χ0v) is 16.8. The van der Waals surface area contributed by atoms with Gasteiger partial charge in [0.05, 0.1) is 18.9 Å². The summed E-state index contributed by atoms with van der Waals surface area (Å²) in [6.07, 6.45) is -3.00. The number of nitrogen functional groups attached to an aromatic ring is 1. The van der Waals surface area contributed by atoms with Crippen molar-refractivity contribution in [1.29, 1.82) is 0 Å². The number of hydrazone groups is 1. The highest BCUT2D eigenvalue weighted by atomic mass is 19.4. The van der Waals surface area contributed by atoms with Crippen LogP contribution in [0.15, 0.2) is 58.4 Å². The average molecular weight is 448 g/mol. The number of carbonyl (C=O) groups is 1. The molecule has 3 aromatic rings. The van der Waals surface area contributed by atoms with E-state index in [1.54, 1.807) is 31.4 Å². The van der Waals surface area contributed by atoms with Gasteiger partial charge in [-0.2, -0.15) is 28.0 Å². The minimum Gasteiger partial charge on any atom is -0.497 e. The topological polar surface area (TPSA) is 117 Å². The number of hydrogen-bond donors (Lipinski definition) is 2. The van der Waals surface area contributed by atoms with Crippen molar-refractivity contribution in [3.05, 3.63) is 81.5 Å². The number of ether oxygens (including phenoxy) is 1. The normalized spacial score (nSPS) is 11.6. The van der Waals surface area contributed by atoms with Gasteiger partial charge in [-0.15, -0.1) is 0 Å². The van der Waals surface area contributed by atoms with E-state index in [-0.39, 0.29) is 12.2 Å². The lowest BCUT2D eigenvalue weighted by atomic mass is 10.1. The predicted molar refractivity (Wildman–Crippen MR) is 110 cm³/mol. The van der Waals surface area contributed by atoms with E-state index in [1.165, 1.54) is 18.3 Å². The third-order valence-corrected chi connectivity index (χ3v) is 4.40. The number of alkyl halides is 3. The van der Waals surface area contributed by atoms with Gasteiger partial charge in [0.15, 0.2) is 5.82 Å². The molecule has 0 unspecified atom stereocenters. The van der Waals surface area contributed by atoms with Gasteiger partial charge >= 0.3 is 11.9 Å². The van der Waals surface area contributed by atoms with E-state index >= 15 is 0 Å². The van der Waals surface area contributed by atoms with Crippen LogP contribution in [-0.2, 0) is 23.9 Å². The fraction of sp³-hybridized carbons (Fsp3) is 0.200. The maximum absolute atomic E-state index is 12.6. The molecule has 1 aromatic heterocycles.